The van der Waals surface area contributed by atoms with E-state index in [2.05, 4.69) is 10.6 Å². The van der Waals surface area contributed by atoms with E-state index in [-0.39, 0.29) is 16.9 Å². The molecule has 164 valence electrons. The Labute approximate surface area is 185 Å². The first-order valence-electron chi connectivity index (χ1n) is 9.94. The predicted octanol–water partition coefficient (Wildman–Crippen LogP) is 4.62. The molecule has 2 N–H and O–H groups in total. The molecule has 1 amide bonds. The van der Waals surface area contributed by atoms with Crippen LogP contribution in [0, 0.1) is 24.0 Å². The number of carbonyl (C=O) groups is 2. The van der Waals surface area contributed by atoms with E-state index in [1.54, 1.807) is 0 Å². The lowest BCUT2D eigenvalue weighted by Crippen LogP contribution is -2.21. The molecule has 8 heteroatoms. The molecule has 0 aliphatic heterocycles. The number of esters is 1. The Morgan fingerprint density at radius 2 is 1.72 bits per heavy atom. The molecular formula is C24H23N3O5. The highest BCUT2D eigenvalue weighted by molar-refractivity contribution is 5.96. The van der Waals surface area contributed by atoms with Crippen LogP contribution in [0.25, 0.3) is 0 Å². The highest BCUT2D eigenvalue weighted by atomic mass is 16.6. The van der Waals surface area contributed by atoms with Gasteiger partial charge in [-0.25, -0.2) is 4.79 Å². The van der Waals surface area contributed by atoms with Gasteiger partial charge < -0.3 is 15.4 Å². The normalized spacial score (nSPS) is 10.3. The van der Waals surface area contributed by atoms with Gasteiger partial charge in [0.15, 0.2) is 6.61 Å². The molecule has 0 saturated heterocycles. The van der Waals surface area contributed by atoms with Crippen molar-refractivity contribution in [3.63, 3.8) is 0 Å². The number of carbonyl (C=O) groups excluding carboxylic acids is 2. The lowest BCUT2D eigenvalue weighted by Gasteiger charge is -2.11. The van der Waals surface area contributed by atoms with E-state index in [1.165, 1.54) is 12.1 Å². The molecule has 0 heterocycles. The maximum absolute atomic E-state index is 12.3. The van der Waals surface area contributed by atoms with Gasteiger partial charge in [-0.1, -0.05) is 42.5 Å². The van der Waals surface area contributed by atoms with Gasteiger partial charge in [-0.3, -0.25) is 14.9 Å². The maximum Gasteiger partial charge on any atom is 0.338 e. The first-order valence-corrected chi connectivity index (χ1v) is 9.94. The molecule has 0 radical (unpaired) electrons. The molecule has 8 nitrogen and oxygen atoms in total. The molecule has 0 unspecified atom stereocenters. The zero-order chi connectivity index (χ0) is 23.1. The van der Waals surface area contributed by atoms with E-state index in [0.29, 0.717) is 12.2 Å². The molecule has 0 bridgehead atoms. The molecule has 0 aliphatic rings. The van der Waals surface area contributed by atoms with Crippen molar-refractivity contribution in [2.24, 2.45) is 0 Å². The van der Waals surface area contributed by atoms with E-state index in [4.69, 9.17) is 4.74 Å². The van der Waals surface area contributed by atoms with Crippen LogP contribution in [-0.4, -0.2) is 23.4 Å². The topological polar surface area (TPSA) is 111 Å². The van der Waals surface area contributed by atoms with Crippen LogP contribution >= 0.6 is 0 Å². The van der Waals surface area contributed by atoms with Gasteiger partial charge >= 0.3 is 5.97 Å². The predicted molar refractivity (Wildman–Crippen MR) is 122 cm³/mol. The molecule has 0 atom stereocenters. The van der Waals surface area contributed by atoms with Crippen LogP contribution < -0.4 is 10.6 Å². The minimum Gasteiger partial charge on any atom is -0.452 e. The van der Waals surface area contributed by atoms with Crippen LogP contribution in [0.3, 0.4) is 0 Å². The van der Waals surface area contributed by atoms with Crippen molar-refractivity contribution in [1.82, 2.24) is 0 Å². The third-order valence-electron chi connectivity index (χ3n) is 4.76. The average Bonchev–Trinajstić information content (AvgIpc) is 2.79. The number of hydrogen-bond donors (Lipinski definition) is 2. The Morgan fingerprint density at radius 3 is 2.44 bits per heavy atom. The molecular weight excluding hydrogens is 410 g/mol. The van der Waals surface area contributed by atoms with Gasteiger partial charge in [0.2, 0.25) is 0 Å². The number of ether oxygens (including phenoxy) is 1. The Balaban J connectivity index is 1.63. The standard InChI is InChI=1S/C24H23N3O5/c1-16-8-9-17(2)21(12-16)26-23(28)15-32-24(29)19-10-11-20(22(13-19)27(30)31)25-14-18-6-4-3-5-7-18/h3-13,25H,14-15H2,1-2H3,(H,26,28). The van der Waals surface area contributed by atoms with E-state index in [0.717, 1.165) is 22.8 Å². The summed E-state index contributed by atoms with van der Waals surface area (Å²) in [7, 11) is 0. The summed E-state index contributed by atoms with van der Waals surface area (Å²) in [6.07, 6.45) is 0. The minimum absolute atomic E-state index is 0.0125. The van der Waals surface area contributed by atoms with Crippen LogP contribution in [0.4, 0.5) is 17.1 Å². The first-order chi connectivity index (χ1) is 15.3. The molecule has 0 fully saturated rings. The summed E-state index contributed by atoms with van der Waals surface area (Å²) in [5, 5.41) is 17.2. The summed E-state index contributed by atoms with van der Waals surface area (Å²) in [5.41, 5.74) is 3.47. The Bertz CT molecular complexity index is 1150. The Hall–Kier alpha value is -4.20. The number of aryl methyl sites for hydroxylation is 2. The van der Waals surface area contributed by atoms with Gasteiger partial charge in [0.1, 0.15) is 5.69 Å². The monoisotopic (exact) mass is 433 g/mol. The second-order valence-corrected chi connectivity index (χ2v) is 7.27. The van der Waals surface area contributed by atoms with Crippen LogP contribution in [0.1, 0.15) is 27.0 Å². The van der Waals surface area contributed by atoms with Crippen molar-refractivity contribution in [3.05, 3.63) is 99.1 Å². The number of nitro groups is 1. The van der Waals surface area contributed by atoms with Crippen LogP contribution in [0.2, 0.25) is 0 Å². The lowest BCUT2D eigenvalue weighted by molar-refractivity contribution is -0.384. The molecule has 3 aromatic rings. The van der Waals surface area contributed by atoms with E-state index in [9.17, 15) is 19.7 Å². The van der Waals surface area contributed by atoms with E-state index in [1.807, 2.05) is 62.4 Å². The van der Waals surface area contributed by atoms with Crippen molar-refractivity contribution in [3.8, 4) is 0 Å². The number of nitrogens with zero attached hydrogens (tertiary/aromatic N) is 1. The van der Waals surface area contributed by atoms with Gasteiger partial charge in [0, 0.05) is 18.3 Å². The molecule has 0 aromatic heterocycles. The second kappa shape index (κ2) is 10.2. The summed E-state index contributed by atoms with van der Waals surface area (Å²) in [6, 6.07) is 19.1. The molecule has 0 saturated carbocycles. The van der Waals surface area contributed by atoms with Gasteiger partial charge in [0.05, 0.1) is 10.5 Å². The second-order valence-electron chi connectivity index (χ2n) is 7.27. The maximum atomic E-state index is 12.3. The zero-order valence-corrected chi connectivity index (χ0v) is 17.8. The largest absolute Gasteiger partial charge is 0.452 e. The van der Waals surface area contributed by atoms with Crippen LogP contribution in [0.5, 0.6) is 0 Å². The van der Waals surface area contributed by atoms with Gasteiger partial charge in [0.25, 0.3) is 11.6 Å². The van der Waals surface area contributed by atoms with Crippen molar-refractivity contribution < 1.29 is 19.2 Å². The number of benzene rings is 3. The summed E-state index contributed by atoms with van der Waals surface area (Å²) in [6.45, 7) is 3.64. The van der Waals surface area contributed by atoms with Crippen LogP contribution in [-0.2, 0) is 16.1 Å². The summed E-state index contributed by atoms with van der Waals surface area (Å²) in [4.78, 5) is 35.4. The van der Waals surface area contributed by atoms with E-state index >= 15 is 0 Å². The third-order valence-corrected chi connectivity index (χ3v) is 4.76. The Morgan fingerprint density at radius 1 is 0.969 bits per heavy atom. The highest BCUT2D eigenvalue weighted by Gasteiger charge is 2.19. The van der Waals surface area contributed by atoms with E-state index < -0.39 is 23.4 Å². The van der Waals surface area contributed by atoms with Gasteiger partial charge in [-0.15, -0.1) is 0 Å². The molecule has 0 spiro atoms. The quantitative estimate of drug-likeness (QED) is 0.305. The summed E-state index contributed by atoms with van der Waals surface area (Å²) < 4.78 is 5.04. The fourth-order valence-corrected chi connectivity index (χ4v) is 3.02. The fraction of sp³-hybridized carbons (Fsp3) is 0.167. The number of rotatable bonds is 8. The minimum atomic E-state index is -0.821. The first kappa shape index (κ1) is 22.5. The average molecular weight is 433 g/mol. The van der Waals surface area contributed by atoms with Crippen LogP contribution in [0.15, 0.2) is 66.7 Å². The summed E-state index contributed by atoms with van der Waals surface area (Å²) in [5.74, 6) is -1.32. The molecule has 32 heavy (non-hydrogen) atoms. The van der Waals surface area contributed by atoms with Crippen molar-refractivity contribution in [2.45, 2.75) is 20.4 Å². The number of hydrogen-bond acceptors (Lipinski definition) is 6. The fourth-order valence-electron chi connectivity index (χ4n) is 3.02. The Kier molecular flexibility index (Phi) is 7.17. The van der Waals surface area contributed by atoms with Gasteiger partial charge in [-0.05, 0) is 48.7 Å². The number of amides is 1. The van der Waals surface area contributed by atoms with Gasteiger partial charge in [-0.2, -0.15) is 0 Å². The third kappa shape index (κ3) is 5.91. The van der Waals surface area contributed by atoms with Crippen molar-refractivity contribution in [1.29, 1.82) is 0 Å². The smallest absolute Gasteiger partial charge is 0.338 e. The lowest BCUT2D eigenvalue weighted by atomic mass is 10.1. The molecule has 0 aliphatic carbocycles. The highest BCUT2D eigenvalue weighted by Crippen LogP contribution is 2.26. The molecule has 3 aromatic carbocycles. The SMILES string of the molecule is Cc1ccc(C)c(NC(=O)COC(=O)c2ccc(NCc3ccccc3)c([N+](=O)[O-])c2)c1. The number of anilines is 2. The van der Waals surface area contributed by atoms with Crippen molar-refractivity contribution in [2.75, 3.05) is 17.2 Å². The summed E-state index contributed by atoms with van der Waals surface area (Å²) >= 11 is 0. The zero-order valence-electron chi connectivity index (χ0n) is 17.8. The molecule has 3 rings (SSSR count). The number of nitrogens with one attached hydrogen (secondary N) is 2. The number of nitro benzene ring substituents is 1. The van der Waals surface area contributed by atoms with Crippen molar-refractivity contribution >= 4 is 28.9 Å².